The van der Waals surface area contributed by atoms with Gasteiger partial charge in [0.1, 0.15) is 25.4 Å². The second-order valence-electron chi connectivity index (χ2n) is 26.8. The van der Waals surface area contributed by atoms with Crippen molar-refractivity contribution >= 4 is 33.6 Å². The molecule has 5 atom stereocenters. The van der Waals surface area contributed by atoms with Crippen LogP contribution >= 0.6 is 15.6 Å². The molecule has 0 heterocycles. The van der Waals surface area contributed by atoms with Gasteiger partial charge in [-0.3, -0.25) is 32.5 Å². The van der Waals surface area contributed by atoms with Crippen molar-refractivity contribution in [3.8, 4) is 0 Å². The predicted molar refractivity (Wildman–Crippen MR) is 417 cm³/mol. The molecule has 0 bridgehead atoms. The number of allylic oxidation sites excluding steroid dienone is 18. The topological polar surface area (TPSA) is 231 Å². The Balaban J connectivity index is 4.42. The maximum absolute atomic E-state index is 13.0. The number of rotatable bonds is 76. The number of esters is 3. The zero-order valence-electron chi connectivity index (χ0n) is 63.8. The Morgan fingerprint density at radius 3 is 0.832 bits per heavy atom. The molecule has 0 aliphatic rings. The van der Waals surface area contributed by atoms with E-state index in [4.69, 9.17) is 32.3 Å². The molecule has 584 valence electrons. The van der Waals surface area contributed by atoms with Gasteiger partial charge >= 0.3 is 33.6 Å². The van der Waals surface area contributed by atoms with E-state index in [1.54, 1.807) is 0 Å². The molecular weight excluding hydrogens is 1310 g/mol. The largest absolute Gasteiger partial charge is 0.472 e. The summed E-state index contributed by atoms with van der Waals surface area (Å²) in [5, 5.41) is 20.6. The van der Waals surface area contributed by atoms with E-state index in [-0.39, 0.29) is 19.3 Å². The summed E-state index contributed by atoms with van der Waals surface area (Å²) in [6.45, 7) is 2.49. The lowest BCUT2D eigenvalue weighted by molar-refractivity contribution is -0.161. The molecule has 0 amide bonds. The number of aliphatic hydroxyl groups excluding tert-OH is 2. The van der Waals surface area contributed by atoms with Crippen molar-refractivity contribution in [3.05, 3.63) is 109 Å². The van der Waals surface area contributed by atoms with Crippen LogP contribution in [-0.4, -0.2) is 95.9 Å². The molecule has 0 aliphatic heterocycles. The van der Waals surface area contributed by atoms with E-state index in [9.17, 15) is 43.5 Å². The van der Waals surface area contributed by atoms with Crippen molar-refractivity contribution in [1.29, 1.82) is 0 Å². The van der Waals surface area contributed by atoms with Gasteiger partial charge in [-0.1, -0.05) is 329 Å². The van der Waals surface area contributed by atoms with E-state index in [0.717, 1.165) is 154 Å². The minimum absolute atomic E-state index is 0.106. The SMILES string of the molecule is CC/C=C\C/C=C\C/C=C\C/C=C\C/C=C\C/C=C\CCCCCCCCCCCCCCCCC(=O)OCC(O)COP(=O)(O)OCC(O)COP(=O)(O)OCC(COC(=O)CCCCCCCCC/C=C\C/C=C\C/C=C\CC)OC(=O)CCCCCCCCCCCCCCCCC. The highest BCUT2D eigenvalue weighted by molar-refractivity contribution is 7.47. The highest BCUT2D eigenvalue weighted by Gasteiger charge is 2.29. The second-order valence-corrected chi connectivity index (χ2v) is 29.7. The van der Waals surface area contributed by atoms with Crippen molar-refractivity contribution in [2.24, 2.45) is 0 Å². The Morgan fingerprint density at radius 1 is 0.287 bits per heavy atom. The van der Waals surface area contributed by atoms with E-state index >= 15 is 0 Å². The Kier molecular flexibility index (Phi) is 73.0. The smallest absolute Gasteiger partial charge is 0.463 e. The number of phosphoric ester groups is 2. The fourth-order valence-corrected chi connectivity index (χ4v) is 12.5. The zero-order valence-corrected chi connectivity index (χ0v) is 65.6. The molecule has 0 spiro atoms. The van der Waals surface area contributed by atoms with Gasteiger partial charge in [0.2, 0.25) is 0 Å². The first kappa shape index (κ1) is 97.2. The third-order valence-electron chi connectivity index (χ3n) is 17.0. The summed E-state index contributed by atoms with van der Waals surface area (Å²) in [7, 11) is -9.78. The molecule has 5 unspecified atom stereocenters. The molecule has 16 nitrogen and oxygen atoms in total. The van der Waals surface area contributed by atoms with Gasteiger partial charge in [0.15, 0.2) is 6.10 Å². The van der Waals surface area contributed by atoms with E-state index in [0.29, 0.717) is 19.3 Å². The van der Waals surface area contributed by atoms with Crippen LogP contribution in [0, 0.1) is 0 Å². The van der Waals surface area contributed by atoms with E-state index in [1.165, 1.54) is 128 Å². The summed E-state index contributed by atoms with van der Waals surface area (Å²) in [6, 6.07) is 0. The summed E-state index contributed by atoms with van der Waals surface area (Å²) in [5.74, 6) is -1.57. The number of unbranched alkanes of at least 4 members (excludes halogenated alkanes) is 35. The van der Waals surface area contributed by atoms with Crippen LogP contribution in [0.5, 0.6) is 0 Å². The van der Waals surface area contributed by atoms with Gasteiger partial charge in [0.05, 0.1) is 26.4 Å². The van der Waals surface area contributed by atoms with Crippen LogP contribution in [-0.2, 0) is 55.8 Å². The third-order valence-corrected chi connectivity index (χ3v) is 18.9. The van der Waals surface area contributed by atoms with Crippen molar-refractivity contribution < 1.29 is 75.8 Å². The Bertz CT molecular complexity index is 2270. The number of phosphoric acid groups is 2. The summed E-state index contributed by atoms with van der Waals surface area (Å²) in [6.07, 6.45) is 88.6. The molecule has 0 saturated carbocycles. The van der Waals surface area contributed by atoms with Crippen molar-refractivity contribution in [2.75, 3.05) is 39.6 Å². The lowest BCUT2D eigenvalue weighted by Gasteiger charge is -2.21. The number of hydrogen-bond donors (Lipinski definition) is 4. The first-order valence-corrected chi connectivity index (χ1v) is 43.2. The van der Waals surface area contributed by atoms with E-state index in [2.05, 4.69) is 130 Å². The number of ether oxygens (including phenoxy) is 3. The maximum Gasteiger partial charge on any atom is 0.472 e. The average molecular weight is 1460 g/mol. The molecule has 0 rings (SSSR count). The standard InChI is InChI=1S/C83H146O16P2/c1-4-7-10-13-16-19-22-25-28-30-31-32-33-34-35-36-37-38-39-40-41-42-43-44-45-47-50-51-54-57-60-63-66-69-81(86)93-72-78(84)73-95-100(89,90)96-74-79(85)75-97-101(91,92)98-77-80(99-83(88)71-68-65-62-59-56-53-48-27-24-21-18-15-12-9-6-3)76-94-82(87)70-67-64-61-58-55-52-49-46-29-26-23-20-17-14-11-8-5-2/h7-8,10-11,16-17,19-20,25-26,28-29,31-32,34-35,37-38,78-80,84-85H,4-6,9,12-15,18,21-24,27,30,33,36,39-77H2,1-3H3,(H,89,90)(H,91,92)/b10-7-,11-8-,19-16-,20-17-,28-25-,29-26-,32-31-,35-34-,38-37-. The molecule has 0 radical (unpaired) electrons. The quantitative estimate of drug-likeness (QED) is 0.0146. The van der Waals surface area contributed by atoms with Crippen LogP contribution < -0.4 is 0 Å². The van der Waals surface area contributed by atoms with Crippen LogP contribution in [0.4, 0.5) is 0 Å². The molecule has 0 aromatic carbocycles. The molecule has 101 heavy (non-hydrogen) atoms. The molecule has 0 saturated heterocycles. The Hall–Kier alpha value is -3.79. The predicted octanol–water partition coefficient (Wildman–Crippen LogP) is 23.5. The number of hydrogen-bond acceptors (Lipinski definition) is 14. The lowest BCUT2D eigenvalue weighted by Crippen LogP contribution is -2.30. The van der Waals surface area contributed by atoms with Crippen molar-refractivity contribution in [3.63, 3.8) is 0 Å². The normalized spacial score (nSPS) is 14.6. The van der Waals surface area contributed by atoms with Crippen LogP contribution in [0.25, 0.3) is 0 Å². The fourth-order valence-electron chi connectivity index (χ4n) is 10.9. The first-order valence-electron chi connectivity index (χ1n) is 40.2. The van der Waals surface area contributed by atoms with Gasteiger partial charge < -0.3 is 34.2 Å². The van der Waals surface area contributed by atoms with E-state index in [1.807, 2.05) is 0 Å². The van der Waals surface area contributed by atoms with Crippen LogP contribution in [0.2, 0.25) is 0 Å². The van der Waals surface area contributed by atoms with Gasteiger partial charge in [-0.2, -0.15) is 0 Å². The number of carbonyl (C=O) groups excluding carboxylic acids is 3. The first-order chi connectivity index (χ1) is 49.2. The number of carbonyl (C=O) groups is 3. The second kappa shape index (κ2) is 75.9. The highest BCUT2D eigenvalue weighted by atomic mass is 31.2. The summed E-state index contributed by atoms with van der Waals surface area (Å²) in [5.41, 5.74) is 0. The van der Waals surface area contributed by atoms with Gasteiger partial charge in [0.25, 0.3) is 0 Å². The highest BCUT2D eigenvalue weighted by Crippen LogP contribution is 2.45. The molecule has 0 fully saturated rings. The monoisotopic (exact) mass is 1460 g/mol. The average Bonchev–Trinajstić information content (AvgIpc) is 1.12. The van der Waals surface area contributed by atoms with Crippen LogP contribution in [0.3, 0.4) is 0 Å². The van der Waals surface area contributed by atoms with Gasteiger partial charge in [-0.25, -0.2) is 9.13 Å². The van der Waals surface area contributed by atoms with E-state index < -0.39 is 91.5 Å². The fraction of sp³-hybridized carbons (Fsp3) is 0.747. The Labute approximate surface area is 615 Å². The summed E-state index contributed by atoms with van der Waals surface area (Å²) < 4.78 is 61.1. The zero-order chi connectivity index (χ0) is 73.7. The molecule has 0 aromatic heterocycles. The van der Waals surface area contributed by atoms with Crippen LogP contribution in [0.15, 0.2) is 109 Å². The van der Waals surface area contributed by atoms with Gasteiger partial charge in [-0.05, 0) is 103 Å². The molecular formula is C83H146O16P2. The maximum atomic E-state index is 13.0. The number of aliphatic hydroxyl groups is 2. The minimum atomic E-state index is -4.93. The van der Waals surface area contributed by atoms with Gasteiger partial charge in [-0.15, -0.1) is 0 Å². The van der Waals surface area contributed by atoms with Crippen LogP contribution in [0.1, 0.15) is 342 Å². The lowest BCUT2D eigenvalue weighted by atomic mass is 10.0. The minimum Gasteiger partial charge on any atom is -0.463 e. The summed E-state index contributed by atoms with van der Waals surface area (Å²) >= 11 is 0. The van der Waals surface area contributed by atoms with Gasteiger partial charge in [0, 0.05) is 19.3 Å². The molecule has 18 heteroatoms. The van der Waals surface area contributed by atoms with Crippen molar-refractivity contribution in [1.82, 2.24) is 0 Å². The third kappa shape index (κ3) is 77.1. The Morgan fingerprint density at radius 2 is 0.525 bits per heavy atom. The van der Waals surface area contributed by atoms with Crippen molar-refractivity contribution in [2.45, 2.75) is 360 Å². The molecule has 0 aromatic rings. The molecule has 0 aliphatic carbocycles. The molecule has 4 N–H and O–H groups in total. The summed E-state index contributed by atoms with van der Waals surface area (Å²) in [4.78, 5) is 58.6.